The number of benzene rings is 4. The van der Waals surface area contributed by atoms with Crippen LogP contribution in [-0.4, -0.2) is 62.3 Å². The van der Waals surface area contributed by atoms with Crippen LogP contribution in [0.5, 0.6) is 23.3 Å². The van der Waals surface area contributed by atoms with E-state index in [0.29, 0.717) is 33.9 Å². The summed E-state index contributed by atoms with van der Waals surface area (Å²) in [6, 6.07) is 22.7. The van der Waals surface area contributed by atoms with E-state index in [9.17, 15) is 40.7 Å². The van der Waals surface area contributed by atoms with Gasteiger partial charge in [0.05, 0.1) is 43.7 Å². The van der Waals surface area contributed by atoms with Crippen LogP contribution in [0, 0.1) is 47.9 Å². The third kappa shape index (κ3) is 8.55. The van der Waals surface area contributed by atoms with Gasteiger partial charge in [-0.15, -0.1) is 0 Å². The first-order valence-electron chi connectivity index (χ1n) is 15.5. The molecule has 0 bridgehead atoms. The molecule has 0 fully saturated rings. The minimum Gasteiger partial charge on any atom is -0.505 e. The maximum atomic E-state index is 11.1. The molecule has 0 aliphatic carbocycles. The van der Waals surface area contributed by atoms with Crippen LogP contribution in [0.4, 0.5) is 22.7 Å². The molecule has 0 atom stereocenters. The van der Waals surface area contributed by atoms with Crippen molar-refractivity contribution in [2.75, 3.05) is 0 Å². The van der Waals surface area contributed by atoms with Crippen LogP contribution in [0.15, 0.2) is 94.9 Å². The molecule has 0 aliphatic heterocycles. The molecule has 0 amide bonds. The van der Waals surface area contributed by atoms with Crippen molar-refractivity contribution in [1.29, 1.82) is 0 Å². The van der Waals surface area contributed by atoms with Crippen LogP contribution in [0.2, 0.25) is 0 Å². The molecule has 0 unspecified atom stereocenters. The number of para-hydroxylation sites is 2. The van der Waals surface area contributed by atoms with Gasteiger partial charge in [0.1, 0.15) is 11.5 Å². The van der Waals surface area contributed by atoms with Crippen molar-refractivity contribution >= 4 is 35.2 Å². The second kappa shape index (κ2) is 16.4. The summed E-state index contributed by atoms with van der Waals surface area (Å²) in [7, 11) is 0. The van der Waals surface area contributed by atoms with Gasteiger partial charge in [-0.05, 0) is 64.1 Å². The Labute approximate surface area is 312 Å². The summed E-state index contributed by atoms with van der Waals surface area (Å²) in [6.07, 6.45) is 2.51. The normalized spacial score (nSPS) is 10.9. The third-order valence-electron chi connectivity index (χ3n) is 7.75. The van der Waals surface area contributed by atoms with E-state index in [1.807, 2.05) is 62.4 Å². The van der Waals surface area contributed by atoms with Gasteiger partial charge in [-0.3, -0.25) is 20.2 Å². The maximum absolute atomic E-state index is 11.1. The van der Waals surface area contributed by atoms with Gasteiger partial charge in [0.25, 0.3) is 11.4 Å². The van der Waals surface area contributed by atoms with Crippen molar-refractivity contribution in [2.45, 2.75) is 27.7 Å². The topological polar surface area (TPSA) is 228 Å². The first-order valence-corrected chi connectivity index (χ1v) is 15.5. The van der Waals surface area contributed by atoms with E-state index < -0.39 is 9.85 Å². The summed E-state index contributed by atoms with van der Waals surface area (Å²) in [5.41, 5.74) is 4.07. The molecule has 2 aromatic heterocycles. The van der Waals surface area contributed by atoms with Crippen LogP contribution >= 0.6 is 0 Å². The molecular weight excluding hydrogens is 731 g/mol. The van der Waals surface area contributed by atoms with Gasteiger partial charge >= 0.3 is 0 Å². The van der Waals surface area contributed by atoms with Crippen LogP contribution in [0.1, 0.15) is 33.6 Å². The van der Waals surface area contributed by atoms with E-state index in [1.54, 1.807) is 13.8 Å². The zero-order chi connectivity index (χ0) is 37.7. The number of aliphatic imine (C=N–C) groups is 2. The van der Waals surface area contributed by atoms with Crippen LogP contribution < -0.4 is 0 Å². The minimum atomic E-state index is -0.630. The Kier molecular flexibility index (Phi) is 12.1. The summed E-state index contributed by atoms with van der Waals surface area (Å²) in [6.45, 7) is 7.28. The molecule has 4 N–H and O–H groups in total. The third-order valence-corrected chi connectivity index (χ3v) is 7.75. The average Bonchev–Trinajstić information content (AvgIpc) is 3.56. The van der Waals surface area contributed by atoms with Crippen LogP contribution in [0.3, 0.4) is 0 Å². The number of aryl methyl sites for hydroxylation is 4. The van der Waals surface area contributed by atoms with Crippen LogP contribution in [-0.2, 0) is 16.8 Å². The van der Waals surface area contributed by atoms with E-state index in [4.69, 9.17) is 0 Å². The molecule has 16 nitrogen and oxygen atoms in total. The summed E-state index contributed by atoms with van der Waals surface area (Å²) < 4.78 is 2.71. The number of nitro benzene ring substituents is 2. The number of phenols is 2. The number of rotatable bonds is 8. The molecule has 0 saturated heterocycles. The van der Waals surface area contributed by atoms with E-state index in [-0.39, 0.29) is 62.8 Å². The Morgan fingerprint density at radius 2 is 0.925 bits per heavy atom. The Bertz CT molecular complexity index is 2190. The van der Waals surface area contributed by atoms with E-state index in [2.05, 4.69) is 20.2 Å². The molecule has 0 saturated carbocycles. The molecule has 17 heteroatoms. The van der Waals surface area contributed by atoms with E-state index in [1.165, 1.54) is 58.2 Å². The van der Waals surface area contributed by atoms with Crippen molar-refractivity contribution in [1.82, 2.24) is 19.6 Å². The van der Waals surface area contributed by atoms with Crippen molar-refractivity contribution in [3.8, 4) is 34.6 Å². The summed E-state index contributed by atoms with van der Waals surface area (Å²) in [5.74, 6) is -0.932. The van der Waals surface area contributed by atoms with E-state index >= 15 is 0 Å². The van der Waals surface area contributed by atoms with Gasteiger partial charge in [0.2, 0.25) is 11.8 Å². The van der Waals surface area contributed by atoms with Gasteiger partial charge in [-0.2, -0.15) is 10.2 Å². The number of aromatic nitrogens is 4. The number of hydrogen-bond acceptors (Lipinski definition) is 12. The van der Waals surface area contributed by atoms with E-state index in [0.717, 1.165) is 11.1 Å². The first kappa shape index (κ1) is 38.9. The Morgan fingerprint density at radius 1 is 0.585 bits per heavy atom. The molecule has 0 spiro atoms. The predicted molar refractivity (Wildman–Crippen MR) is 193 cm³/mol. The molecule has 273 valence electrons. The SMILES string of the molecule is Cc1ccc(-n2nc(C)c(C=Nc3c(O)cccc3[N+](=O)[O-])c2O)cc1.Cc1ccc(-n2nc(C)c(C=Nc3c(O)cccc3[N+](=O)[O-])c2O)cc1.[Co]. The van der Waals surface area contributed by atoms with Gasteiger partial charge in [-0.1, -0.05) is 47.5 Å². The first-order chi connectivity index (χ1) is 24.8. The fraction of sp³-hybridized carbons (Fsp3) is 0.111. The minimum absolute atomic E-state index is 0. The predicted octanol–water partition coefficient (Wildman–Crippen LogP) is 7.12. The number of nitro groups is 2. The van der Waals surface area contributed by atoms with Gasteiger partial charge in [-0.25, -0.2) is 19.3 Å². The summed E-state index contributed by atoms with van der Waals surface area (Å²) in [5, 5.41) is 71.4. The zero-order valence-corrected chi connectivity index (χ0v) is 29.6. The monoisotopic (exact) mass is 763 g/mol. The smallest absolute Gasteiger partial charge is 0.298 e. The largest absolute Gasteiger partial charge is 0.505 e. The molecule has 1 radical (unpaired) electrons. The standard InChI is InChI=1S/2C18H16N4O4.Co/c2*1-11-6-8-13(9-7-11)21-18(24)14(12(2)20-21)10-19-17-15(22(25)26)4-3-5-16(17)23;/h2*3-10,23-24H,1-2H3;. The van der Waals surface area contributed by atoms with Crippen molar-refractivity contribution in [3.63, 3.8) is 0 Å². The molecule has 6 rings (SSSR count). The van der Waals surface area contributed by atoms with Crippen molar-refractivity contribution < 1.29 is 47.1 Å². The van der Waals surface area contributed by atoms with Gasteiger partial charge in [0.15, 0.2) is 11.4 Å². The van der Waals surface area contributed by atoms with Crippen molar-refractivity contribution in [3.05, 3.63) is 139 Å². The number of aromatic hydroxyl groups is 4. The maximum Gasteiger partial charge on any atom is 0.298 e. The Hall–Kier alpha value is -6.85. The van der Waals surface area contributed by atoms with Gasteiger partial charge < -0.3 is 20.4 Å². The molecule has 2 heterocycles. The number of phenolic OH excluding ortho intramolecular Hbond substituents is 2. The summed E-state index contributed by atoms with van der Waals surface area (Å²) >= 11 is 0. The van der Waals surface area contributed by atoms with Crippen LogP contribution in [0.25, 0.3) is 11.4 Å². The second-order valence-corrected chi connectivity index (χ2v) is 11.5. The molecule has 6 aromatic rings. The number of hydrogen-bond donors (Lipinski definition) is 4. The zero-order valence-electron chi connectivity index (χ0n) is 28.6. The average molecular weight is 764 g/mol. The molecule has 53 heavy (non-hydrogen) atoms. The Balaban J connectivity index is 0.000000232. The Morgan fingerprint density at radius 3 is 1.25 bits per heavy atom. The second-order valence-electron chi connectivity index (χ2n) is 11.5. The molecular formula is C36H32CoN8O8. The molecule has 0 aliphatic rings. The quantitative estimate of drug-likeness (QED) is 0.0697. The fourth-order valence-electron chi connectivity index (χ4n) is 4.94. The van der Waals surface area contributed by atoms with Crippen molar-refractivity contribution in [2.24, 2.45) is 9.98 Å². The summed E-state index contributed by atoms with van der Waals surface area (Å²) in [4.78, 5) is 28.9. The molecule has 4 aromatic carbocycles. The van der Waals surface area contributed by atoms with Gasteiger partial charge in [0, 0.05) is 41.3 Å². The number of nitrogens with zero attached hydrogens (tertiary/aromatic N) is 8. The fourth-order valence-corrected chi connectivity index (χ4v) is 4.94.